The zero-order chi connectivity index (χ0) is 12.0. The molecule has 16 heavy (non-hydrogen) atoms. The molecule has 0 fully saturated rings. The van der Waals surface area contributed by atoms with Crippen LogP contribution in [0.1, 0.15) is 19.4 Å². The summed E-state index contributed by atoms with van der Waals surface area (Å²) in [5, 5.41) is 11.7. The lowest BCUT2D eigenvalue weighted by Crippen LogP contribution is -2.31. The van der Waals surface area contributed by atoms with Crippen LogP contribution >= 0.6 is 11.8 Å². The van der Waals surface area contributed by atoms with Gasteiger partial charge >= 0.3 is 0 Å². The minimum Gasteiger partial charge on any atom is -0.384 e. The third-order valence-electron chi connectivity index (χ3n) is 2.08. The fourth-order valence-corrected chi connectivity index (χ4v) is 1.87. The lowest BCUT2D eigenvalue weighted by atomic mass is 10.2. The quantitative estimate of drug-likeness (QED) is 0.770. The number of carbonyl (C=O) groups excluding carboxylic acids is 1. The first kappa shape index (κ1) is 13.1. The normalized spacial score (nSPS) is 12.2. The maximum Gasteiger partial charge on any atom is 0.248 e. The largest absolute Gasteiger partial charge is 0.384 e. The van der Waals surface area contributed by atoms with E-state index in [1.165, 1.54) is 11.8 Å². The molecule has 2 N–H and O–H groups in total. The molecule has 1 rings (SSSR count). The number of hydrogen-bond donors (Lipinski definition) is 2. The van der Waals surface area contributed by atoms with E-state index >= 15 is 0 Å². The molecule has 0 radical (unpaired) electrons. The van der Waals surface area contributed by atoms with Crippen LogP contribution in [-0.2, 0) is 11.3 Å². The van der Waals surface area contributed by atoms with Gasteiger partial charge in [-0.05, 0) is 30.4 Å². The van der Waals surface area contributed by atoms with Crippen molar-refractivity contribution in [2.24, 2.45) is 0 Å². The minimum atomic E-state index is -0.949. The minimum absolute atomic E-state index is 0.341. The van der Waals surface area contributed by atoms with Crippen LogP contribution in [0.4, 0.5) is 0 Å². The summed E-state index contributed by atoms with van der Waals surface area (Å²) in [4.78, 5) is 12.4. The first-order chi connectivity index (χ1) is 7.63. The summed E-state index contributed by atoms with van der Waals surface area (Å²) < 4.78 is 0. The number of aliphatic hydroxyl groups is 1. The van der Waals surface area contributed by atoms with Crippen molar-refractivity contribution in [3.05, 3.63) is 29.8 Å². The molecule has 3 nitrogen and oxygen atoms in total. The van der Waals surface area contributed by atoms with Crippen LogP contribution in [0.5, 0.6) is 0 Å². The molecular formula is C12H17NO2S. The Bertz CT molecular complexity index is 335. The molecule has 1 atom stereocenters. The molecule has 1 aromatic rings. The zero-order valence-corrected chi connectivity index (χ0v) is 10.4. The number of nitrogens with one attached hydrogen (secondary N) is 1. The summed E-state index contributed by atoms with van der Waals surface area (Å²) in [5.74, 6) is 0.713. The van der Waals surface area contributed by atoms with Crippen LogP contribution in [0.3, 0.4) is 0 Å². The van der Waals surface area contributed by atoms with Crippen molar-refractivity contribution in [2.45, 2.75) is 31.4 Å². The molecule has 0 aliphatic rings. The number of thioether (sulfide) groups is 1. The van der Waals surface area contributed by atoms with Gasteiger partial charge in [-0.25, -0.2) is 0 Å². The standard InChI is InChI=1S/C12H17NO2S/c1-3-16-11-6-4-10(5-7-11)8-13-12(15)9(2)14/h4-7,9,14H,3,8H2,1-2H3,(H,13,15). The Labute approximate surface area is 100 Å². The van der Waals surface area contributed by atoms with Crippen molar-refractivity contribution in [3.8, 4) is 0 Å². The Morgan fingerprint density at radius 3 is 2.56 bits per heavy atom. The molecule has 4 heteroatoms. The predicted molar refractivity (Wildman–Crippen MR) is 66.4 cm³/mol. The predicted octanol–water partition coefficient (Wildman–Crippen LogP) is 1.80. The molecule has 0 aromatic heterocycles. The molecule has 0 aliphatic carbocycles. The number of hydrogen-bond acceptors (Lipinski definition) is 3. The van der Waals surface area contributed by atoms with Crippen molar-refractivity contribution in [3.63, 3.8) is 0 Å². The van der Waals surface area contributed by atoms with E-state index in [1.807, 2.05) is 24.3 Å². The van der Waals surface area contributed by atoms with Crippen LogP contribution in [0, 0.1) is 0 Å². The molecular weight excluding hydrogens is 222 g/mol. The summed E-state index contributed by atoms with van der Waals surface area (Å²) in [6.45, 7) is 4.03. The Morgan fingerprint density at radius 2 is 2.06 bits per heavy atom. The van der Waals surface area contributed by atoms with E-state index in [1.54, 1.807) is 11.8 Å². The van der Waals surface area contributed by atoms with Crippen LogP contribution in [0.15, 0.2) is 29.2 Å². The highest BCUT2D eigenvalue weighted by Crippen LogP contribution is 2.17. The maximum atomic E-state index is 11.1. The van der Waals surface area contributed by atoms with Gasteiger partial charge in [-0.3, -0.25) is 4.79 Å². The fraction of sp³-hybridized carbons (Fsp3) is 0.417. The third kappa shape index (κ3) is 4.24. The van der Waals surface area contributed by atoms with Gasteiger partial charge in [-0.15, -0.1) is 11.8 Å². The molecule has 1 aromatic carbocycles. The molecule has 1 amide bonds. The molecule has 0 saturated heterocycles. The Kier molecular flexibility index (Phi) is 5.35. The van der Waals surface area contributed by atoms with Gasteiger partial charge in [0.05, 0.1) is 0 Å². The monoisotopic (exact) mass is 239 g/mol. The second-order valence-corrected chi connectivity index (χ2v) is 4.81. The van der Waals surface area contributed by atoms with E-state index in [2.05, 4.69) is 12.2 Å². The second kappa shape index (κ2) is 6.55. The van der Waals surface area contributed by atoms with Crippen molar-refractivity contribution in [2.75, 3.05) is 5.75 Å². The maximum absolute atomic E-state index is 11.1. The van der Waals surface area contributed by atoms with Crippen LogP contribution in [0.25, 0.3) is 0 Å². The van der Waals surface area contributed by atoms with E-state index in [0.29, 0.717) is 6.54 Å². The van der Waals surface area contributed by atoms with E-state index in [4.69, 9.17) is 5.11 Å². The number of rotatable bonds is 5. The Hall–Kier alpha value is -1.00. The number of aliphatic hydroxyl groups excluding tert-OH is 1. The van der Waals surface area contributed by atoms with Gasteiger partial charge in [0.25, 0.3) is 0 Å². The van der Waals surface area contributed by atoms with Gasteiger partial charge in [0.2, 0.25) is 5.91 Å². The van der Waals surface area contributed by atoms with Crippen LogP contribution in [-0.4, -0.2) is 22.9 Å². The highest BCUT2D eigenvalue weighted by molar-refractivity contribution is 7.99. The summed E-state index contributed by atoms with van der Waals surface area (Å²) in [6, 6.07) is 8.05. The zero-order valence-electron chi connectivity index (χ0n) is 9.56. The third-order valence-corrected chi connectivity index (χ3v) is 2.97. The molecule has 1 unspecified atom stereocenters. The topological polar surface area (TPSA) is 49.3 Å². The summed E-state index contributed by atoms with van der Waals surface area (Å²) in [7, 11) is 0. The van der Waals surface area contributed by atoms with E-state index in [9.17, 15) is 4.79 Å². The molecule has 88 valence electrons. The number of benzene rings is 1. The molecule has 0 aliphatic heterocycles. The first-order valence-electron chi connectivity index (χ1n) is 5.31. The highest BCUT2D eigenvalue weighted by Gasteiger charge is 2.07. The van der Waals surface area contributed by atoms with E-state index in [-0.39, 0.29) is 5.91 Å². The van der Waals surface area contributed by atoms with Crippen molar-refractivity contribution < 1.29 is 9.90 Å². The second-order valence-electron chi connectivity index (χ2n) is 3.47. The lowest BCUT2D eigenvalue weighted by molar-refractivity contribution is -0.128. The van der Waals surface area contributed by atoms with Gasteiger partial charge in [-0.2, -0.15) is 0 Å². The summed E-state index contributed by atoms with van der Waals surface area (Å²) >= 11 is 1.79. The fourth-order valence-electron chi connectivity index (χ4n) is 1.21. The average molecular weight is 239 g/mol. The van der Waals surface area contributed by atoms with Gasteiger partial charge in [0.1, 0.15) is 6.10 Å². The number of carbonyl (C=O) groups is 1. The van der Waals surface area contributed by atoms with Crippen molar-refractivity contribution >= 4 is 17.7 Å². The Balaban J connectivity index is 2.46. The lowest BCUT2D eigenvalue weighted by Gasteiger charge is -2.07. The van der Waals surface area contributed by atoms with E-state index in [0.717, 1.165) is 11.3 Å². The van der Waals surface area contributed by atoms with Gasteiger partial charge < -0.3 is 10.4 Å². The van der Waals surface area contributed by atoms with Gasteiger partial charge in [-0.1, -0.05) is 19.1 Å². The van der Waals surface area contributed by atoms with Crippen molar-refractivity contribution in [1.29, 1.82) is 0 Å². The SMILES string of the molecule is CCSc1ccc(CNC(=O)C(C)O)cc1. The average Bonchev–Trinajstić information content (AvgIpc) is 2.28. The van der Waals surface area contributed by atoms with Crippen LogP contribution in [0.2, 0.25) is 0 Å². The molecule has 0 bridgehead atoms. The number of amides is 1. The smallest absolute Gasteiger partial charge is 0.248 e. The summed E-state index contributed by atoms with van der Waals surface area (Å²) in [6.07, 6.45) is -0.949. The van der Waals surface area contributed by atoms with Crippen molar-refractivity contribution in [1.82, 2.24) is 5.32 Å². The van der Waals surface area contributed by atoms with Gasteiger partial charge in [0.15, 0.2) is 0 Å². The van der Waals surface area contributed by atoms with E-state index < -0.39 is 6.10 Å². The molecule has 0 heterocycles. The first-order valence-corrected chi connectivity index (χ1v) is 6.29. The summed E-state index contributed by atoms with van der Waals surface area (Å²) in [5.41, 5.74) is 1.04. The highest BCUT2D eigenvalue weighted by atomic mass is 32.2. The van der Waals surface area contributed by atoms with Crippen LogP contribution < -0.4 is 5.32 Å². The van der Waals surface area contributed by atoms with Gasteiger partial charge in [0, 0.05) is 11.4 Å². The Morgan fingerprint density at radius 1 is 1.44 bits per heavy atom. The molecule has 0 spiro atoms. The molecule has 0 saturated carbocycles.